The number of fused-ring (bicyclic) bond motifs is 3. The van der Waals surface area contributed by atoms with Crippen molar-refractivity contribution in [3.63, 3.8) is 0 Å². The maximum Gasteiger partial charge on any atom is 0.289 e. The first-order valence-electron chi connectivity index (χ1n) is 8.43. The minimum Gasteiger partial charge on any atom is -0.480 e. The van der Waals surface area contributed by atoms with Gasteiger partial charge in [-0.3, -0.25) is 4.79 Å². The van der Waals surface area contributed by atoms with Crippen molar-refractivity contribution in [2.45, 2.75) is 18.6 Å². The summed E-state index contributed by atoms with van der Waals surface area (Å²) in [6.45, 7) is 1.08. The molecule has 2 aliphatic heterocycles. The molecule has 4 heteroatoms. The zero-order valence-corrected chi connectivity index (χ0v) is 13.6. The summed E-state index contributed by atoms with van der Waals surface area (Å²) in [6, 6.07) is 19.8. The van der Waals surface area contributed by atoms with Gasteiger partial charge in [-0.2, -0.15) is 0 Å². The molecule has 3 aromatic rings. The molecule has 2 aromatic carbocycles. The first-order valence-corrected chi connectivity index (χ1v) is 8.43. The predicted octanol–water partition coefficient (Wildman–Crippen LogP) is 3.77. The highest BCUT2D eigenvalue weighted by atomic mass is 16.5. The lowest BCUT2D eigenvalue weighted by molar-refractivity contribution is 0.0206. The molecule has 25 heavy (non-hydrogen) atoms. The van der Waals surface area contributed by atoms with E-state index < -0.39 is 5.60 Å². The fourth-order valence-corrected chi connectivity index (χ4v) is 4.00. The zero-order chi connectivity index (χ0) is 16.9. The van der Waals surface area contributed by atoms with Gasteiger partial charge in [-0.25, -0.2) is 0 Å². The highest BCUT2D eigenvalue weighted by Crippen LogP contribution is 2.45. The normalized spacial score (nSPS) is 20.9. The summed E-state index contributed by atoms with van der Waals surface area (Å²) in [5, 5.41) is 0. The molecule has 124 valence electrons. The number of ether oxygens (including phenoxy) is 1. The van der Waals surface area contributed by atoms with Crippen LogP contribution >= 0.6 is 0 Å². The van der Waals surface area contributed by atoms with E-state index in [9.17, 15) is 4.79 Å². The second-order valence-electron chi connectivity index (χ2n) is 6.68. The van der Waals surface area contributed by atoms with Crippen molar-refractivity contribution >= 4 is 5.91 Å². The average molecular weight is 331 g/mol. The fourth-order valence-electron chi connectivity index (χ4n) is 4.00. The second-order valence-corrected chi connectivity index (χ2v) is 6.68. The van der Waals surface area contributed by atoms with Crippen LogP contribution in [0.3, 0.4) is 0 Å². The maximum atomic E-state index is 12.9. The highest BCUT2D eigenvalue weighted by Gasteiger charge is 2.47. The molecule has 1 amide bonds. The molecule has 1 aromatic heterocycles. The summed E-state index contributed by atoms with van der Waals surface area (Å²) in [7, 11) is 0. The van der Waals surface area contributed by atoms with Gasteiger partial charge in [0.25, 0.3) is 5.91 Å². The molecule has 3 heterocycles. The Morgan fingerprint density at radius 3 is 2.56 bits per heavy atom. The van der Waals surface area contributed by atoms with E-state index in [1.165, 1.54) is 17.4 Å². The van der Waals surface area contributed by atoms with Crippen molar-refractivity contribution < 1.29 is 13.9 Å². The lowest BCUT2D eigenvalue weighted by Crippen LogP contribution is -2.50. The van der Waals surface area contributed by atoms with E-state index in [4.69, 9.17) is 9.15 Å². The third kappa shape index (κ3) is 2.18. The highest BCUT2D eigenvalue weighted by molar-refractivity contribution is 5.91. The minimum atomic E-state index is -0.527. The Hall–Kier alpha value is -3.01. The number of amides is 1. The first kappa shape index (κ1) is 14.3. The largest absolute Gasteiger partial charge is 0.480 e. The van der Waals surface area contributed by atoms with Crippen molar-refractivity contribution in [2.75, 3.05) is 6.54 Å². The molecule has 0 radical (unpaired) electrons. The molecule has 2 aliphatic rings. The van der Waals surface area contributed by atoms with Crippen LogP contribution in [0.4, 0.5) is 0 Å². The van der Waals surface area contributed by atoms with Gasteiger partial charge in [-0.05, 0) is 29.3 Å². The number of para-hydroxylation sites is 1. The quantitative estimate of drug-likeness (QED) is 0.682. The Balaban J connectivity index is 1.58. The van der Waals surface area contributed by atoms with Crippen LogP contribution in [0.25, 0.3) is 0 Å². The van der Waals surface area contributed by atoms with E-state index in [1.807, 2.05) is 35.2 Å². The Morgan fingerprint density at radius 2 is 1.76 bits per heavy atom. The number of nitrogens with zero attached hydrogens (tertiary/aromatic N) is 1. The van der Waals surface area contributed by atoms with Crippen molar-refractivity contribution in [2.24, 2.45) is 0 Å². The van der Waals surface area contributed by atoms with Gasteiger partial charge in [-0.1, -0.05) is 42.5 Å². The van der Waals surface area contributed by atoms with Gasteiger partial charge in [0.2, 0.25) is 0 Å². The zero-order valence-electron chi connectivity index (χ0n) is 13.6. The number of benzene rings is 2. The van der Waals surface area contributed by atoms with Crippen LogP contribution in [0.15, 0.2) is 71.3 Å². The number of hydrogen-bond acceptors (Lipinski definition) is 3. The molecule has 1 spiro atoms. The second kappa shape index (κ2) is 5.24. The van der Waals surface area contributed by atoms with Gasteiger partial charge in [-0.15, -0.1) is 0 Å². The molecule has 0 fully saturated rings. The maximum absolute atomic E-state index is 12.9. The number of furan rings is 1. The van der Waals surface area contributed by atoms with Crippen LogP contribution in [0.2, 0.25) is 0 Å². The average Bonchev–Trinajstić information content (AvgIpc) is 3.29. The molecule has 4 nitrogen and oxygen atoms in total. The number of carbonyl (C=O) groups is 1. The van der Waals surface area contributed by atoms with Gasteiger partial charge in [0.05, 0.1) is 12.8 Å². The molecule has 0 N–H and O–H groups in total. The molecule has 0 aliphatic carbocycles. The Labute approximate surface area is 145 Å². The third-order valence-electron chi connectivity index (χ3n) is 5.09. The van der Waals surface area contributed by atoms with E-state index in [-0.39, 0.29) is 5.91 Å². The number of carbonyl (C=O) groups excluding carboxylic acids is 1. The lowest BCUT2D eigenvalue weighted by Gasteiger charge is -2.41. The van der Waals surface area contributed by atoms with E-state index in [0.717, 1.165) is 17.7 Å². The monoisotopic (exact) mass is 331 g/mol. The van der Waals surface area contributed by atoms with Crippen LogP contribution < -0.4 is 4.74 Å². The number of rotatable bonds is 1. The third-order valence-corrected chi connectivity index (χ3v) is 5.09. The van der Waals surface area contributed by atoms with Crippen molar-refractivity contribution in [3.05, 3.63) is 89.4 Å². The predicted molar refractivity (Wildman–Crippen MR) is 92.3 cm³/mol. The summed E-state index contributed by atoms with van der Waals surface area (Å²) in [4.78, 5) is 14.7. The van der Waals surface area contributed by atoms with Gasteiger partial charge in [0, 0.05) is 18.5 Å². The van der Waals surface area contributed by atoms with Crippen LogP contribution in [-0.4, -0.2) is 17.4 Å². The molecule has 0 saturated carbocycles. The summed E-state index contributed by atoms with van der Waals surface area (Å²) < 4.78 is 11.8. The van der Waals surface area contributed by atoms with E-state index in [1.54, 1.807) is 12.1 Å². The SMILES string of the molecule is O=C(c1ccco1)N1Cc2ccccc2C2(Cc3ccccc3O2)C1. The van der Waals surface area contributed by atoms with Gasteiger partial charge in [0.15, 0.2) is 11.4 Å². The van der Waals surface area contributed by atoms with Crippen LogP contribution in [-0.2, 0) is 18.6 Å². The smallest absolute Gasteiger partial charge is 0.289 e. The van der Waals surface area contributed by atoms with Gasteiger partial charge in [0.1, 0.15) is 5.75 Å². The molecule has 5 rings (SSSR count). The fraction of sp³-hybridized carbons (Fsp3) is 0.190. The molecular weight excluding hydrogens is 314 g/mol. The molecule has 1 atom stereocenters. The summed E-state index contributed by atoms with van der Waals surface area (Å²) >= 11 is 0. The summed E-state index contributed by atoms with van der Waals surface area (Å²) in [5.74, 6) is 1.17. The van der Waals surface area contributed by atoms with Crippen LogP contribution in [0.1, 0.15) is 27.2 Å². The topological polar surface area (TPSA) is 42.7 Å². The van der Waals surface area contributed by atoms with Crippen LogP contribution in [0, 0.1) is 0 Å². The van der Waals surface area contributed by atoms with Crippen molar-refractivity contribution in [1.82, 2.24) is 4.90 Å². The summed E-state index contributed by atoms with van der Waals surface area (Å²) in [6.07, 6.45) is 2.30. The Morgan fingerprint density at radius 1 is 0.960 bits per heavy atom. The number of hydrogen-bond donors (Lipinski definition) is 0. The molecule has 0 bridgehead atoms. The van der Waals surface area contributed by atoms with Crippen molar-refractivity contribution in [1.29, 1.82) is 0 Å². The first-order chi connectivity index (χ1) is 12.3. The van der Waals surface area contributed by atoms with Crippen LogP contribution in [0.5, 0.6) is 5.75 Å². The van der Waals surface area contributed by atoms with E-state index in [2.05, 4.69) is 18.2 Å². The Kier molecular flexibility index (Phi) is 3.01. The van der Waals surface area contributed by atoms with Gasteiger partial charge < -0.3 is 14.1 Å². The molecule has 1 unspecified atom stereocenters. The standard InChI is InChI=1S/C21H17NO3/c23-20(19-10-5-11-24-19)22-13-16-7-1-3-8-17(16)21(14-22)12-15-6-2-4-9-18(15)25-21/h1-11H,12-14H2. The van der Waals surface area contributed by atoms with E-state index >= 15 is 0 Å². The Bertz CT molecular complexity index is 920. The van der Waals surface area contributed by atoms with Gasteiger partial charge >= 0.3 is 0 Å². The van der Waals surface area contributed by atoms with Crippen molar-refractivity contribution in [3.8, 4) is 5.75 Å². The molecular formula is C21H17NO3. The summed E-state index contributed by atoms with van der Waals surface area (Å²) in [5.41, 5.74) is 2.96. The lowest BCUT2D eigenvalue weighted by atomic mass is 9.82. The molecule has 0 saturated heterocycles. The minimum absolute atomic E-state index is 0.0987. The van der Waals surface area contributed by atoms with E-state index in [0.29, 0.717) is 18.8 Å².